The van der Waals surface area contributed by atoms with Gasteiger partial charge in [0.1, 0.15) is 12.3 Å². The number of nitrogens with one attached hydrogen (secondary N) is 1. The van der Waals surface area contributed by atoms with Crippen molar-refractivity contribution in [3.63, 3.8) is 0 Å². The number of fused-ring (bicyclic) bond motifs is 1. The minimum Gasteiger partial charge on any atom is -0.369 e. The number of hydrogen-bond donors (Lipinski definition) is 1. The summed E-state index contributed by atoms with van der Waals surface area (Å²) in [5, 5.41) is 2.89. The van der Waals surface area contributed by atoms with Crippen molar-refractivity contribution >= 4 is 16.9 Å². The van der Waals surface area contributed by atoms with Crippen LogP contribution in [0.3, 0.4) is 0 Å². The molecular formula is C18H21F3N4O4. The summed E-state index contributed by atoms with van der Waals surface area (Å²) in [6.07, 6.45) is -1.67. The number of aromatic nitrogens is 3. The summed E-state index contributed by atoms with van der Waals surface area (Å²) < 4.78 is 44.0. The van der Waals surface area contributed by atoms with Crippen LogP contribution in [-0.2, 0) is 18.8 Å². The van der Waals surface area contributed by atoms with E-state index in [2.05, 4.69) is 10.3 Å². The highest BCUT2D eigenvalue weighted by atomic mass is 19.4. The fourth-order valence-electron chi connectivity index (χ4n) is 3.50. The van der Waals surface area contributed by atoms with Crippen molar-refractivity contribution in [3.8, 4) is 0 Å². The monoisotopic (exact) mass is 414 g/mol. The Balaban J connectivity index is 1.74. The number of alkyl halides is 3. The van der Waals surface area contributed by atoms with Crippen LogP contribution in [-0.4, -0.2) is 45.0 Å². The van der Waals surface area contributed by atoms with E-state index in [1.807, 2.05) is 0 Å². The molecule has 0 spiro atoms. The second-order valence-corrected chi connectivity index (χ2v) is 7.19. The highest BCUT2D eigenvalue weighted by Crippen LogP contribution is 2.24. The van der Waals surface area contributed by atoms with Crippen molar-refractivity contribution in [2.45, 2.75) is 44.0 Å². The van der Waals surface area contributed by atoms with Crippen LogP contribution in [0.25, 0.3) is 11.0 Å². The number of hydrogen-bond acceptors (Lipinski definition) is 5. The Labute approximate surface area is 163 Å². The summed E-state index contributed by atoms with van der Waals surface area (Å²) >= 11 is 0. The van der Waals surface area contributed by atoms with Gasteiger partial charge in [-0.2, -0.15) is 13.2 Å². The normalized spacial score (nSPS) is 20.0. The van der Waals surface area contributed by atoms with E-state index in [9.17, 15) is 27.6 Å². The molecule has 2 aromatic heterocycles. The third-order valence-corrected chi connectivity index (χ3v) is 5.00. The number of nitrogens with zero attached hydrogens (tertiary/aromatic N) is 3. The molecule has 0 radical (unpaired) electrons. The molecule has 1 aliphatic carbocycles. The SMILES string of the molecule is Cn1c(=O)c2cc(C(=O)N[C@@H]3CCC[C@@H](OCC(F)(F)F)C3)cnc2n(C)c1=O. The molecule has 1 amide bonds. The van der Waals surface area contributed by atoms with Crippen LogP contribution in [0.1, 0.15) is 36.0 Å². The molecule has 8 nitrogen and oxygen atoms in total. The smallest absolute Gasteiger partial charge is 0.369 e. The number of carbonyl (C=O) groups is 1. The summed E-state index contributed by atoms with van der Waals surface area (Å²) in [7, 11) is 2.81. The average Bonchev–Trinajstić information content (AvgIpc) is 2.68. The molecule has 2 atom stereocenters. The molecule has 2 heterocycles. The highest BCUT2D eigenvalue weighted by molar-refractivity contribution is 5.96. The van der Waals surface area contributed by atoms with Gasteiger partial charge in [-0.15, -0.1) is 0 Å². The molecule has 0 aliphatic heterocycles. The van der Waals surface area contributed by atoms with Gasteiger partial charge in [0.25, 0.3) is 11.5 Å². The van der Waals surface area contributed by atoms with Gasteiger partial charge in [-0.25, -0.2) is 9.78 Å². The Bertz CT molecular complexity index is 1040. The summed E-state index contributed by atoms with van der Waals surface area (Å²) in [5.74, 6) is -0.489. The average molecular weight is 414 g/mol. The summed E-state index contributed by atoms with van der Waals surface area (Å²) in [6, 6.07) is 1.02. The quantitative estimate of drug-likeness (QED) is 0.813. The Morgan fingerprint density at radius 1 is 1.28 bits per heavy atom. The standard InChI is InChI=1S/C18H21F3N4O4/c1-24-14-13(16(27)25(2)17(24)28)6-10(8-22-14)15(26)23-11-4-3-5-12(7-11)29-9-18(19,20)21/h6,8,11-12H,3-5,7,9H2,1-2H3,(H,23,26)/t11-,12-/m1/s1. The maximum atomic E-state index is 12.6. The Hall–Kier alpha value is -2.69. The Morgan fingerprint density at radius 2 is 2.00 bits per heavy atom. The lowest BCUT2D eigenvalue weighted by Crippen LogP contribution is -2.41. The predicted octanol–water partition coefficient (Wildman–Crippen LogP) is 1.25. The fraction of sp³-hybridized carbons (Fsp3) is 0.556. The van der Waals surface area contributed by atoms with Crippen molar-refractivity contribution in [3.05, 3.63) is 38.7 Å². The van der Waals surface area contributed by atoms with Crippen molar-refractivity contribution < 1.29 is 22.7 Å². The highest BCUT2D eigenvalue weighted by Gasteiger charge is 2.31. The molecule has 11 heteroatoms. The van der Waals surface area contributed by atoms with Gasteiger partial charge in [-0.1, -0.05) is 0 Å². The first-order chi connectivity index (χ1) is 13.6. The molecule has 0 bridgehead atoms. The van der Waals surface area contributed by atoms with Crippen LogP contribution in [0, 0.1) is 0 Å². The van der Waals surface area contributed by atoms with E-state index in [0.717, 1.165) is 4.57 Å². The van der Waals surface area contributed by atoms with Gasteiger partial charge >= 0.3 is 11.9 Å². The van der Waals surface area contributed by atoms with Crippen LogP contribution in [0.4, 0.5) is 13.2 Å². The van der Waals surface area contributed by atoms with Crippen LogP contribution in [0.15, 0.2) is 21.9 Å². The van der Waals surface area contributed by atoms with E-state index in [1.165, 1.54) is 30.9 Å². The molecule has 1 aliphatic rings. The third-order valence-electron chi connectivity index (χ3n) is 5.00. The van der Waals surface area contributed by atoms with Crippen molar-refractivity contribution in [1.82, 2.24) is 19.4 Å². The van der Waals surface area contributed by atoms with Crippen LogP contribution >= 0.6 is 0 Å². The first kappa shape index (κ1) is 21.0. The zero-order chi connectivity index (χ0) is 21.3. The van der Waals surface area contributed by atoms with Crippen molar-refractivity contribution in [1.29, 1.82) is 0 Å². The largest absolute Gasteiger partial charge is 0.411 e. The van der Waals surface area contributed by atoms with Gasteiger partial charge in [-0.3, -0.25) is 18.7 Å². The van der Waals surface area contributed by atoms with Gasteiger partial charge in [0, 0.05) is 26.3 Å². The molecule has 3 rings (SSSR count). The fourth-order valence-corrected chi connectivity index (χ4v) is 3.50. The topological polar surface area (TPSA) is 95.2 Å². The van der Waals surface area contributed by atoms with Gasteiger partial charge in [0.2, 0.25) is 0 Å². The zero-order valence-corrected chi connectivity index (χ0v) is 16.0. The first-order valence-electron chi connectivity index (χ1n) is 9.12. The molecule has 0 saturated heterocycles. The minimum atomic E-state index is -4.39. The molecule has 1 N–H and O–H groups in total. The van der Waals surface area contributed by atoms with Gasteiger partial charge < -0.3 is 10.1 Å². The van der Waals surface area contributed by atoms with Crippen LogP contribution in [0.5, 0.6) is 0 Å². The van der Waals surface area contributed by atoms with Gasteiger partial charge in [0.05, 0.1) is 17.1 Å². The summed E-state index contributed by atoms with van der Waals surface area (Å²) in [6.45, 7) is -1.31. The molecule has 2 aromatic rings. The molecule has 0 aromatic carbocycles. The lowest BCUT2D eigenvalue weighted by molar-refractivity contribution is -0.188. The van der Waals surface area contributed by atoms with E-state index < -0.39 is 36.0 Å². The second kappa shape index (κ2) is 7.97. The third kappa shape index (κ3) is 4.66. The Morgan fingerprint density at radius 3 is 2.69 bits per heavy atom. The number of carbonyl (C=O) groups excluding carboxylic acids is 1. The molecular weight excluding hydrogens is 393 g/mol. The number of amides is 1. The number of rotatable bonds is 4. The Kier molecular flexibility index (Phi) is 5.78. The molecule has 1 fully saturated rings. The lowest BCUT2D eigenvalue weighted by atomic mass is 9.92. The summed E-state index contributed by atoms with van der Waals surface area (Å²) in [4.78, 5) is 40.9. The number of aryl methyl sites for hydroxylation is 1. The minimum absolute atomic E-state index is 0.122. The van der Waals surface area contributed by atoms with E-state index in [1.54, 1.807) is 0 Å². The first-order valence-corrected chi connectivity index (χ1v) is 9.12. The van der Waals surface area contributed by atoms with Gasteiger partial charge in [0.15, 0.2) is 0 Å². The molecule has 0 unspecified atom stereocenters. The molecule has 158 valence electrons. The number of halogens is 3. The molecule has 1 saturated carbocycles. The zero-order valence-electron chi connectivity index (χ0n) is 16.0. The number of pyridine rings is 1. The maximum absolute atomic E-state index is 12.6. The van der Waals surface area contributed by atoms with Crippen molar-refractivity contribution in [2.24, 2.45) is 14.1 Å². The second-order valence-electron chi connectivity index (χ2n) is 7.19. The maximum Gasteiger partial charge on any atom is 0.411 e. The van der Waals surface area contributed by atoms with Gasteiger partial charge in [-0.05, 0) is 31.7 Å². The van der Waals surface area contributed by atoms with Crippen LogP contribution < -0.4 is 16.6 Å². The predicted molar refractivity (Wildman–Crippen MR) is 97.7 cm³/mol. The van der Waals surface area contributed by atoms with E-state index >= 15 is 0 Å². The van der Waals surface area contributed by atoms with Crippen LogP contribution in [0.2, 0.25) is 0 Å². The van der Waals surface area contributed by atoms with E-state index in [-0.39, 0.29) is 29.1 Å². The van der Waals surface area contributed by atoms with E-state index in [0.29, 0.717) is 19.3 Å². The van der Waals surface area contributed by atoms with Crippen molar-refractivity contribution in [2.75, 3.05) is 6.61 Å². The summed E-state index contributed by atoms with van der Waals surface area (Å²) in [5.41, 5.74) is -0.803. The number of ether oxygens (including phenoxy) is 1. The molecule has 29 heavy (non-hydrogen) atoms. The lowest BCUT2D eigenvalue weighted by Gasteiger charge is -2.30. The van der Waals surface area contributed by atoms with E-state index in [4.69, 9.17) is 4.74 Å².